The minimum absolute atomic E-state index is 0.0117. The van der Waals surface area contributed by atoms with Gasteiger partial charge < -0.3 is 20.5 Å². The zero-order chi connectivity index (χ0) is 27.9. The van der Waals surface area contributed by atoms with E-state index in [-0.39, 0.29) is 30.2 Å². The van der Waals surface area contributed by atoms with Gasteiger partial charge in [-0.2, -0.15) is 5.10 Å². The van der Waals surface area contributed by atoms with E-state index in [0.29, 0.717) is 29.6 Å². The molecule has 3 heterocycles. The average Bonchev–Trinajstić information content (AvgIpc) is 3.45. The van der Waals surface area contributed by atoms with Crippen LogP contribution in [0.5, 0.6) is 0 Å². The van der Waals surface area contributed by atoms with Gasteiger partial charge in [0.25, 0.3) is 5.91 Å². The molecule has 11 nitrogen and oxygen atoms in total. The van der Waals surface area contributed by atoms with Crippen molar-refractivity contribution >= 4 is 17.8 Å². The first kappa shape index (κ1) is 28.2. The van der Waals surface area contributed by atoms with Gasteiger partial charge in [-0.25, -0.2) is 9.48 Å². The van der Waals surface area contributed by atoms with Gasteiger partial charge in [0.15, 0.2) is 0 Å². The second kappa shape index (κ2) is 12.8. The van der Waals surface area contributed by atoms with Gasteiger partial charge in [-0.3, -0.25) is 20.0 Å². The Labute approximate surface area is 228 Å². The monoisotopic (exact) mass is 535 g/mol. The third-order valence-electron chi connectivity index (χ3n) is 6.80. The molecule has 0 saturated carbocycles. The zero-order valence-electron chi connectivity index (χ0n) is 22.8. The number of hydrogen-bond donors (Lipinski definition) is 4. The number of benzene rings is 1. The van der Waals surface area contributed by atoms with Crippen LogP contribution in [-0.4, -0.2) is 88.8 Å². The average molecular weight is 536 g/mol. The number of pyridine rings is 1. The molecule has 3 atom stereocenters. The van der Waals surface area contributed by atoms with E-state index in [0.717, 1.165) is 30.9 Å². The number of aromatic nitrogens is 3. The number of amides is 3. The molecule has 1 aliphatic heterocycles. The molecule has 0 aliphatic carbocycles. The lowest BCUT2D eigenvalue weighted by Gasteiger charge is -2.18. The summed E-state index contributed by atoms with van der Waals surface area (Å²) in [4.78, 5) is 32.2. The molecule has 4 N–H and O–H groups in total. The Bertz CT molecular complexity index is 1280. The fraction of sp³-hybridized carbons (Fsp3) is 0.429. The Morgan fingerprint density at radius 2 is 1.97 bits per heavy atom. The number of nitrogens with zero attached hydrogens (tertiary/aromatic N) is 4. The standard InChI is InChI=1S/C28H37N7O4/c1-18-16-34(12-13-39-4)17-24(18)31-28(38)32-26-20(3)25(33-35(26)22-8-6-5-7-9-22)21-10-11-29-23(14-21)27(37)30-15-19(2)36/h5-11,14,18-19,24,36H,12-13,15-17H2,1-4H3,(H,30,37)(H2,31,32,38)/t18-,19-,24-/m1/s1. The number of carbonyl (C=O) groups excluding carboxylic acids is 2. The number of methoxy groups -OCH3 is 1. The van der Waals surface area contributed by atoms with Crippen molar-refractivity contribution in [3.8, 4) is 16.9 Å². The maximum Gasteiger partial charge on any atom is 0.320 e. The summed E-state index contributed by atoms with van der Waals surface area (Å²) in [5, 5.41) is 23.1. The van der Waals surface area contributed by atoms with E-state index in [2.05, 4.69) is 32.8 Å². The molecule has 3 aromatic rings. The SMILES string of the molecule is COCCN1C[C@@H](C)[C@H](NC(=O)Nc2c(C)c(-c3ccnc(C(=O)NC[C@@H](C)O)c3)nn2-c2ccccc2)C1. The van der Waals surface area contributed by atoms with Crippen LogP contribution in [0.25, 0.3) is 16.9 Å². The van der Waals surface area contributed by atoms with Crippen molar-refractivity contribution in [1.82, 2.24) is 30.3 Å². The minimum Gasteiger partial charge on any atom is -0.392 e. The molecule has 1 saturated heterocycles. The van der Waals surface area contributed by atoms with Crippen molar-refractivity contribution < 1.29 is 19.4 Å². The number of carbonyl (C=O) groups is 2. The van der Waals surface area contributed by atoms with E-state index < -0.39 is 6.10 Å². The van der Waals surface area contributed by atoms with Crippen molar-refractivity contribution in [2.45, 2.75) is 32.9 Å². The van der Waals surface area contributed by atoms with Gasteiger partial charge in [-0.15, -0.1) is 0 Å². The second-order valence-electron chi connectivity index (χ2n) is 9.99. The summed E-state index contributed by atoms with van der Waals surface area (Å²) in [6.45, 7) is 8.88. The molecule has 4 rings (SSSR count). The molecule has 39 heavy (non-hydrogen) atoms. The molecule has 1 fully saturated rings. The lowest BCUT2D eigenvalue weighted by molar-refractivity contribution is 0.0919. The molecule has 2 aromatic heterocycles. The molecule has 3 amide bonds. The summed E-state index contributed by atoms with van der Waals surface area (Å²) in [5.74, 6) is 0.451. The number of urea groups is 1. The van der Waals surface area contributed by atoms with Crippen LogP contribution in [0.2, 0.25) is 0 Å². The van der Waals surface area contributed by atoms with Gasteiger partial charge in [0.05, 0.1) is 24.1 Å². The first-order chi connectivity index (χ1) is 18.8. The van der Waals surface area contributed by atoms with Crippen LogP contribution in [0.1, 0.15) is 29.9 Å². The molecule has 0 bridgehead atoms. The molecule has 1 aromatic carbocycles. The largest absolute Gasteiger partial charge is 0.392 e. The van der Waals surface area contributed by atoms with Crippen molar-refractivity contribution in [2.24, 2.45) is 5.92 Å². The Hall–Kier alpha value is -3.80. The van der Waals surface area contributed by atoms with Crippen LogP contribution in [0, 0.1) is 12.8 Å². The maximum absolute atomic E-state index is 13.2. The first-order valence-corrected chi connectivity index (χ1v) is 13.1. The molecule has 0 radical (unpaired) electrons. The van der Waals surface area contributed by atoms with Crippen LogP contribution in [-0.2, 0) is 4.74 Å². The Balaban J connectivity index is 1.59. The first-order valence-electron chi connectivity index (χ1n) is 13.1. The van der Waals surface area contributed by atoms with E-state index in [9.17, 15) is 14.7 Å². The Morgan fingerprint density at radius 1 is 1.21 bits per heavy atom. The van der Waals surface area contributed by atoms with Gasteiger partial charge in [0.1, 0.15) is 11.5 Å². The van der Waals surface area contributed by atoms with Gasteiger partial charge >= 0.3 is 6.03 Å². The van der Waals surface area contributed by atoms with Crippen molar-refractivity contribution in [1.29, 1.82) is 0 Å². The predicted molar refractivity (Wildman–Crippen MR) is 149 cm³/mol. The van der Waals surface area contributed by atoms with E-state index in [1.807, 2.05) is 37.3 Å². The van der Waals surface area contributed by atoms with E-state index >= 15 is 0 Å². The van der Waals surface area contributed by atoms with E-state index in [4.69, 9.17) is 9.84 Å². The molecule has 11 heteroatoms. The number of aliphatic hydroxyl groups is 1. The number of hydrogen-bond acceptors (Lipinski definition) is 7. The number of likely N-dealkylation sites (tertiary alicyclic amines) is 1. The molecular weight excluding hydrogens is 498 g/mol. The summed E-state index contributed by atoms with van der Waals surface area (Å²) < 4.78 is 6.89. The highest BCUT2D eigenvalue weighted by Crippen LogP contribution is 2.30. The molecule has 0 spiro atoms. The number of aliphatic hydroxyl groups excluding tert-OH is 1. The fourth-order valence-corrected chi connectivity index (χ4v) is 4.68. The maximum atomic E-state index is 13.2. The summed E-state index contributed by atoms with van der Waals surface area (Å²) in [6, 6.07) is 12.7. The van der Waals surface area contributed by atoms with Gasteiger partial charge in [-0.05, 0) is 44.0 Å². The van der Waals surface area contributed by atoms with Gasteiger partial charge in [0.2, 0.25) is 0 Å². The van der Waals surface area contributed by atoms with Crippen LogP contribution in [0.15, 0.2) is 48.7 Å². The highest BCUT2D eigenvalue weighted by molar-refractivity contribution is 5.94. The number of rotatable bonds is 10. The normalized spacial score (nSPS) is 18.1. The van der Waals surface area contributed by atoms with Crippen molar-refractivity contribution in [3.63, 3.8) is 0 Å². The second-order valence-corrected chi connectivity index (χ2v) is 9.99. The molecule has 0 unspecified atom stereocenters. The van der Waals surface area contributed by atoms with Gasteiger partial charge in [-0.1, -0.05) is 25.1 Å². The smallest absolute Gasteiger partial charge is 0.320 e. The molecule has 1 aliphatic rings. The highest BCUT2D eigenvalue weighted by atomic mass is 16.5. The number of para-hydroxylation sites is 1. The van der Waals surface area contributed by atoms with Crippen LogP contribution in [0.4, 0.5) is 10.6 Å². The summed E-state index contributed by atoms with van der Waals surface area (Å²) in [7, 11) is 1.69. The van der Waals surface area contributed by atoms with E-state index in [1.165, 1.54) is 0 Å². The Kier molecular flexibility index (Phi) is 9.28. The number of nitrogens with one attached hydrogen (secondary N) is 3. The third-order valence-corrected chi connectivity index (χ3v) is 6.80. The summed E-state index contributed by atoms with van der Waals surface area (Å²) in [6.07, 6.45) is 0.880. The predicted octanol–water partition coefficient (Wildman–Crippen LogP) is 2.44. The Morgan fingerprint density at radius 3 is 2.69 bits per heavy atom. The van der Waals surface area contributed by atoms with Crippen LogP contribution >= 0.6 is 0 Å². The van der Waals surface area contributed by atoms with Gasteiger partial charge in [0, 0.05) is 56.7 Å². The summed E-state index contributed by atoms with van der Waals surface area (Å²) >= 11 is 0. The fourth-order valence-electron chi connectivity index (χ4n) is 4.68. The number of ether oxygens (including phenoxy) is 1. The topological polar surface area (TPSA) is 134 Å². The lowest BCUT2D eigenvalue weighted by Crippen LogP contribution is -2.42. The van der Waals surface area contributed by atoms with Crippen LogP contribution in [0.3, 0.4) is 0 Å². The van der Waals surface area contributed by atoms with E-state index in [1.54, 1.807) is 37.0 Å². The molecular formula is C28H37N7O4. The summed E-state index contributed by atoms with van der Waals surface area (Å²) in [5.41, 5.74) is 3.03. The third kappa shape index (κ3) is 6.99. The van der Waals surface area contributed by atoms with Crippen molar-refractivity contribution in [2.75, 3.05) is 45.2 Å². The lowest BCUT2D eigenvalue weighted by atomic mass is 10.1. The minimum atomic E-state index is -0.665. The van der Waals surface area contributed by atoms with Crippen LogP contribution < -0.4 is 16.0 Å². The van der Waals surface area contributed by atoms with Crippen molar-refractivity contribution in [3.05, 3.63) is 59.9 Å². The number of anilines is 1. The molecule has 208 valence electrons. The quantitative estimate of drug-likeness (QED) is 0.313. The highest BCUT2D eigenvalue weighted by Gasteiger charge is 2.31. The zero-order valence-corrected chi connectivity index (χ0v) is 22.8.